The zero-order valence-electron chi connectivity index (χ0n) is 14.8. The number of carbonyl (C=O) groups excluding carboxylic acids is 1. The second-order valence-corrected chi connectivity index (χ2v) is 9.24. The second-order valence-electron chi connectivity index (χ2n) is 9.24. The average molecular weight is 310 g/mol. The third-order valence-corrected chi connectivity index (χ3v) is 5.52. The Morgan fingerprint density at radius 1 is 1.00 bits per heavy atom. The molecule has 2 aliphatic rings. The van der Waals surface area contributed by atoms with Gasteiger partial charge in [0.15, 0.2) is 0 Å². The van der Waals surface area contributed by atoms with Gasteiger partial charge in [-0.05, 0) is 56.3 Å². The Hall–Kier alpha value is -1.06. The number of aliphatic carboxylic acids is 1. The molecule has 126 valence electrons. The van der Waals surface area contributed by atoms with Gasteiger partial charge < -0.3 is 9.84 Å². The normalized spacial score (nSPS) is 38.1. The summed E-state index contributed by atoms with van der Waals surface area (Å²) >= 11 is 0. The van der Waals surface area contributed by atoms with Crippen LogP contribution in [0.1, 0.15) is 54.9 Å². The van der Waals surface area contributed by atoms with Crippen molar-refractivity contribution in [1.29, 1.82) is 0 Å². The Balaban J connectivity index is 2.31. The summed E-state index contributed by atoms with van der Waals surface area (Å²) in [6.45, 7) is 14.2. The van der Waals surface area contributed by atoms with E-state index in [-0.39, 0.29) is 23.2 Å². The van der Waals surface area contributed by atoms with Gasteiger partial charge in [0.1, 0.15) is 5.60 Å². The molecule has 0 radical (unpaired) electrons. The van der Waals surface area contributed by atoms with Crippen molar-refractivity contribution in [2.75, 3.05) is 0 Å². The SMILES string of the molecule is CC1C2CC(C(C(=O)O)C2C(=O)OC(C)(C)C)C1C(C)(C)C. The average Bonchev–Trinajstić information content (AvgIpc) is 2.78. The summed E-state index contributed by atoms with van der Waals surface area (Å²) in [5, 5.41) is 9.71. The van der Waals surface area contributed by atoms with Crippen LogP contribution in [0.4, 0.5) is 0 Å². The molecule has 2 bridgehead atoms. The molecule has 2 fully saturated rings. The van der Waals surface area contributed by atoms with E-state index in [9.17, 15) is 14.7 Å². The van der Waals surface area contributed by atoms with E-state index in [4.69, 9.17) is 4.74 Å². The fourth-order valence-corrected chi connectivity index (χ4v) is 5.17. The topological polar surface area (TPSA) is 63.6 Å². The van der Waals surface area contributed by atoms with Gasteiger partial charge in [-0.1, -0.05) is 27.7 Å². The molecule has 0 aromatic carbocycles. The van der Waals surface area contributed by atoms with Crippen molar-refractivity contribution in [3.05, 3.63) is 0 Å². The van der Waals surface area contributed by atoms with Crippen molar-refractivity contribution in [3.63, 3.8) is 0 Å². The summed E-state index contributed by atoms with van der Waals surface area (Å²) in [6.07, 6.45) is 0.837. The molecule has 0 heterocycles. The van der Waals surface area contributed by atoms with Crippen molar-refractivity contribution in [1.82, 2.24) is 0 Å². The standard InChI is InChI=1S/C18H30O4/c1-9-10-8-11(14(9)17(2,3)4)12(15(19)20)13(10)16(21)22-18(5,6)7/h9-14H,8H2,1-7H3,(H,19,20). The van der Waals surface area contributed by atoms with E-state index in [1.54, 1.807) is 0 Å². The molecule has 0 aromatic rings. The first-order valence-corrected chi connectivity index (χ1v) is 8.30. The molecular formula is C18H30O4. The molecule has 4 nitrogen and oxygen atoms in total. The third kappa shape index (κ3) is 2.89. The van der Waals surface area contributed by atoms with Gasteiger partial charge >= 0.3 is 11.9 Å². The van der Waals surface area contributed by atoms with Crippen molar-refractivity contribution >= 4 is 11.9 Å². The minimum absolute atomic E-state index is 0.0609. The molecule has 6 atom stereocenters. The van der Waals surface area contributed by atoms with Crippen molar-refractivity contribution in [2.45, 2.75) is 60.5 Å². The van der Waals surface area contributed by atoms with Crippen LogP contribution >= 0.6 is 0 Å². The fourth-order valence-electron chi connectivity index (χ4n) is 5.17. The first-order valence-electron chi connectivity index (χ1n) is 8.30. The van der Waals surface area contributed by atoms with Gasteiger partial charge in [-0.25, -0.2) is 0 Å². The molecule has 0 spiro atoms. The summed E-state index contributed by atoms with van der Waals surface area (Å²) in [7, 11) is 0. The molecule has 1 N–H and O–H groups in total. The van der Waals surface area contributed by atoms with Crippen molar-refractivity contribution in [3.8, 4) is 0 Å². The minimum atomic E-state index is -0.843. The highest BCUT2D eigenvalue weighted by molar-refractivity contribution is 5.83. The smallest absolute Gasteiger partial charge is 0.310 e. The monoisotopic (exact) mass is 310 g/mol. The van der Waals surface area contributed by atoms with E-state index in [0.717, 1.165) is 6.42 Å². The van der Waals surface area contributed by atoms with E-state index in [2.05, 4.69) is 27.7 Å². The third-order valence-electron chi connectivity index (χ3n) is 5.52. The molecule has 0 saturated heterocycles. The van der Waals surface area contributed by atoms with Gasteiger partial charge in [0, 0.05) is 0 Å². The lowest BCUT2D eigenvalue weighted by Gasteiger charge is -2.43. The van der Waals surface area contributed by atoms with Gasteiger partial charge in [-0.15, -0.1) is 0 Å². The predicted molar refractivity (Wildman–Crippen MR) is 84.2 cm³/mol. The molecule has 6 unspecified atom stereocenters. The lowest BCUT2D eigenvalue weighted by atomic mass is 9.61. The van der Waals surface area contributed by atoms with Crippen LogP contribution in [0.25, 0.3) is 0 Å². The van der Waals surface area contributed by atoms with Crippen LogP contribution < -0.4 is 0 Å². The van der Waals surface area contributed by atoms with Crippen LogP contribution in [0, 0.1) is 40.9 Å². The van der Waals surface area contributed by atoms with Crippen molar-refractivity contribution in [2.24, 2.45) is 40.9 Å². The Morgan fingerprint density at radius 3 is 1.95 bits per heavy atom. The van der Waals surface area contributed by atoms with Crippen LogP contribution in [0.2, 0.25) is 0 Å². The number of fused-ring (bicyclic) bond motifs is 2. The van der Waals surface area contributed by atoms with E-state index in [0.29, 0.717) is 11.8 Å². The van der Waals surface area contributed by atoms with E-state index in [1.165, 1.54) is 0 Å². The molecule has 2 aliphatic carbocycles. The Morgan fingerprint density at radius 2 is 1.55 bits per heavy atom. The van der Waals surface area contributed by atoms with Crippen molar-refractivity contribution < 1.29 is 19.4 Å². The zero-order chi connectivity index (χ0) is 17.0. The maximum atomic E-state index is 12.6. The van der Waals surface area contributed by atoms with E-state index >= 15 is 0 Å². The van der Waals surface area contributed by atoms with Crippen LogP contribution in [-0.4, -0.2) is 22.6 Å². The maximum absolute atomic E-state index is 12.6. The lowest BCUT2D eigenvalue weighted by Crippen LogP contribution is -2.46. The lowest BCUT2D eigenvalue weighted by molar-refractivity contribution is -0.172. The highest BCUT2D eigenvalue weighted by atomic mass is 16.6. The van der Waals surface area contributed by atoms with Crippen LogP contribution in [0.3, 0.4) is 0 Å². The number of ether oxygens (including phenoxy) is 1. The molecule has 2 rings (SSSR count). The van der Waals surface area contributed by atoms with Gasteiger partial charge in [0.05, 0.1) is 11.8 Å². The summed E-state index contributed by atoms with van der Waals surface area (Å²) in [6, 6.07) is 0. The Kier molecular flexibility index (Phi) is 4.12. The van der Waals surface area contributed by atoms with Gasteiger partial charge in [-0.2, -0.15) is 0 Å². The number of hydrogen-bond donors (Lipinski definition) is 1. The maximum Gasteiger partial charge on any atom is 0.310 e. The molecule has 4 heteroatoms. The summed E-state index contributed by atoms with van der Waals surface area (Å²) < 4.78 is 5.52. The number of carboxylic acid groups (broad SMARTS) is 1. The highest BCUT2D eigenvalue weighted by Crippen LogP contribution is 2.62. The number of carboxylic acids is 1. The van der Waals surface area contributed by atoms with E-state index < -0.39 is 23.4 Å². The zero-order valence-corrected chi connectivity index (χ0v) is 14.8. The quantitative estimate of drug-likeness (QED) is 0.792. The Labute approximate surface area is 133 Å². The van der Waals surface area contributed by atoms with E-state index in [1.807, 2.05) is 20.8 Å². The first kappa shape index (κ1) is 17.3. The molecule has 0 aliphatic heterocycles. The van der Waals surface area contributed by atoms with Crippen LogP contribution in [0.15, 0.2) is 0 Å². The molecule has 0 aromatic heterocycles. The molecular weight excluding hydrogens is 280 g/mol. The number of hydrogen-bond acceptors (Lipinski definition) is 3. The second kappa shape index (κ2) is 5.24. The van der Waals surface area contributed by atoms with Gasteiger partial charge in [0.25, 0.3) is 0 Å². The number of rotatable bonds is 2. The predicted octanol–water partition coefficient (Wildman–Crippen LogP) is 3.59. The first-order chi connectivity index (χ1) is 9.84. The number of carbonyl (C=O) groups is 2. The van der Waals surface area contributed by atoms with Gasteiger partial charge in [0.2, 0.25) is 0 Å². The van der Waals surface area contributed by atoms with Crippen LogP contribution in [-0.2, 0) is 14.3 Å². The largest absolute Gasteiger partial charge is 0.481 e. The minimum Gasteiger partial charge on any atom is -0.481 e. The number of esters is 1. The van der Waals surface area contributed by atoms with Gasteiger partial charge in [-0.3, -0.25) is 9.59 Å². The van der Waals surface area contributed by atoms with Crippen LogP contribution in [0.5, 0.6) is 0 Å². The highest BCUT2D eigenvalue weighted by Gasteiger charge is 2.63. The fraction of sp³-hybridized carbons (Fsp3) is 0.889. The molecule has 22 heavy (non-hydrogen) atoms. The summed E-state index contributed by atoms with van der Waals surface area (Å²) in [4.78, 5) is 24.4. The summed E-state index contributed by atoms with van der Waals surface area (Å²) in [5.41, 5.74) is -0.514. The molecule has 0 amide bonds. The summed E-state index contributed by atoms with van der Waals surface area (Å²) in [5.74, 6) is -1.35. The Bertz CT molecular complexity index is 468. The molecule has 2 saturated carbocycles.